The SMILES string of the molecule is CCCCCCCCCCOc1ccc(C(=O)N/N=C/c2cccnc2)cc1. The molecule has 1 amide bonds. The fourth-order valence-corrected chi connectivity index (χ4v) is 2.81. The van der Waals surface area contributed by atoms with Gasteiger partial charge in [0.25, 0.3) is 5.91 Å². The average Bonchev–Trinajstić information content (AvgIpc) is 2.74. The quantitative estimate of drug-likeness (QED) is 0.288. The van der Waals surface area contributed by atoms with Crippen molar-refractivity contribution >= 4 is 12.1 Å². The Morgan fingerprint density at radius 3 is 2.43 bits per heavy atom. The number of hydrazone groups is 1. The summed E-state index contributed by atoms with van der Waals surface area (Å²) in [5.41, 5.74) is 3.88. The van der Waals surface area contributed by atoms with Crippen LogP contribution in [0.5, 0.6) is 5.75 Å². The zero-order chi connectivity index (χ0) is 19.9. The molecule has 0 aliphatic carbocycles. The second kappa shape index (κ2) is 13.5. The van der Waals surface area contributed by atoms with Gasteiger partial charge >= 0.3 is 0 Å². The molecule has 2 rings (SSSR count). The van der Waals surface area contributed by atoms with Gasteiger partial charge in [0.15, 0.2) is 0 Å². The highest BCUT2D eigenvalue weighted by molar-refractivity contribution is 5.94. The predicted octanol–water partition coefficient (Wildman–Crippen LogP) is 5.37. The molecule has 1 heterocycles. The normalized spacial score (nSPS) is 10.9. The van der Waals surface area contributed by atoms with E-state index < -0.39 is 0 Å². The van der Waals surface area contributed by atoms with Crippen LogP contribution in [0.15, 0.2) is 53.9 Å². The monoisotopic (exact) mass is 381 g/mol. The minimum atomic E-state index is -0.255. The zero-order valence-electron chi connectivity index (χ0n) is 16.8. The molecule has 5 heteroatoms. The van der Waals surface area contributed by atoms with Crippen molar-refractivity contribution in [2.24, 2.45) is 5.10 Å². The predicted molar refractivity (Wildman–Crippen MR) is 114 cm³/mol. The van der Waals surface area contributed by atoms with Gasteiger partial charge in [0, 0.05) is 23.5 Å². The molecule has 0 bridgehead atoms. The van der Waals surface area contributed by atoms with Gasteiger partial charge in [0.1, 0.15) is 5.75 Å². The van der Waals surface area contributed by atoms with Crippen molar-refractivity contribution in [3.63, 3.8) is 0 Å². The summed E-state index contributed by atoms with van der Waals surface area (Å²) in [5.74, 6) is 0.535. The molecular weight excluding hydrogens is 350 g/mol. The fraction of sp³-hybridized carbons (Fsp3) is 0.435. The lowest BCUT2D eigenvalue weighted by atomic mass is 10.1. The van der Waals surface area contributed by atoms with Gasteiger partial charge in [-0.15, -0.1) is 0 Å². The van der Waals surface area contributed by atoms with Gasteiger partial charge in [-0.05, 0) is 36.8 Å². The number of carbonyl (C=O) groups is 1. The third kappa shape index (κ3) is 8.80. The first-order valence-corrected chi connectivity index (χ1v) is 10.3. The highest BCUT2D eigenvalue weighted by Crippen LogP contribution is 2.14. The number of ether oxygens (including phenoxy) is 1. The lowest BCUT2D eigenvalue weighted by molar-refractivity contribution is 0.0955. The molecule has 0 saturated carbocycles. The molecule has 150 valence electrons. The second-order valence-corrected chi connectivity index (χ2v) is 6.83. The minimum absolute atomic E-state index is 0.255. The molecular formula is C23H31N3O2. The summed E-state index contributed by atoms with van der Waals surface area (Å²) in [5, 5.41) is 3.95. The number of amides is 1. The second-order valence-electron chi connectivity index (χ2n) is 6.83. The molecule has 5 nitrogen and oxygen atoms in total. The molecule has 2 aromatic rings. The summed E-state index contributed by atoms with van der Waals surface area (Å²) in [6, 6.07) is 10.8. The van der Waals surface area contributed by atoms with E-state index >= 15 is 0 Å². The van der Waals surface area contributed by atoms with Crippen molar-refractivity contribution in [3.05, 3.63) is 59.9 Å². The van der Waals surface area contributed by atoms with Crippen molar-refractivity contribution in [2.45, 2.75) is 58.3 Å². The van der Waals surface area contributed by atoms with E-state index in [1.54, 1.807) is 30.7 Å². The standard InChI is InChI=1S/C23H31N3O2/c1-2-3-4-5-6-7-8-9-17-28-22-14-12-21(13-15-22)23(27)26-25-19-20-11-10-16-24-18-20/h10-16,18-19H,2-9,17H2,1H3,(H,26,27)/b25-19+. The number of hydrogen-bond donors (Lipinski definition) is 1. The Hall–Kier alpha value is -2.69. The number of carbonyl (C=O) groups excluding carboxylic acids is 1. The smallest absolute Gasteiger partial charge is 0.271 e. The Morgan fingerprint density at radius 2 is 1.75 bits per heavy atom. The maximum absolute atomic E-state index is 12.1. The van der Waals surface area contributed by atoms with E-state index in [-0.39, 0.29) is 5.91 Å². The lowest BCUT2D eigenvalue weighted by Crippen LogP contribution is -2.17. The molecule has 0 fully saturated rings. The number of aromatic nitrogens is 1. The number of rotatable bonds is 13. The number of benzene rings is 1. The molecule has 1 aromatic carbocycles. The number of nitrogens with zero attached hydrogens (tertiary/aromatic N) is 2. The average molecular weight is 382 g/mol. The Kier molecular flexibility index (Phi) is 10.4. The highest BCUT2D eigenvalue weighted by Gasteiger charge is 2.04. The van der Waals surface area contributed by atoms with Crippen LogP contribution in [0.2, 0.25) is 0 Å². The van der Waals surface area contributed by atoms with E-state index in [1.165, 1.54) is 44.9 Å². The summed E-state index contributed by atoms with van der Waals surface area (Å²) in [7, 11) is 0. The van der Waals surface area contributed by atoms with Gasteiger partial charge in [-0.1, -0.05) is 57.9 Å². The van der Waals surface area contributed by atoms with E-state index in [9.17, 15) is 4.79 Å². The van der Waals surface area contributed by atoms with Gasteiger partial charge in [-0.2, -0.15) is 5.10 Å². The van der Waals surface area contributed by atoms with Crippen LogP contribution in [-0.2, 0) is 0 Å². The summed E-state index contributed by atoms with van der Waals surface area (Å²) < 4.78 is 5.76. The minimum Gasteiger partial charge on any atom is -0.494 e. The summed E-state index contributed by atoms with van der Waals surface area (Å²) in [6.45, 7) is 2.96. The number of nitrogens with one attached hydrogen (secondary N) is 1. The highest BCUT2D eigenvalue weighted by atomic mass is 16.5. The summed E-state index contributed by atoms with van der Waals surface area (Å²) >= 11 is 0. The number of pyridine rings is 1. The van der Waals surface area contributed by atoms with Crippen molar-refractivity contribution in [2.75, 3.05) is 6.61 Å². The van der Waals surface area contributed by atoms with E-state index in [0.717, 1.165) is 24.3 Å². The third-order valence-electron chi connectivity index (χ3n) is 4.45. The Morgan fingerprint density at radius 1 is 1.04 bits per heavy atom. The van der Waals surface area contributed by atoms with Crippen LogP contribution in [0.25, 0.3) is 0 Å². The first kappa shape index (κ1) is 21.6. The van der Waals surface area contributed by atoms with Crippen LogP contribution in [0, 0.1) is 0 Å². The van der Waals surface area contributed by atoms with E-state index in [0.29, 0.717) is 5.56 Å². The van der Waals surface area contributed by atoms with Gasteiger partial charge in [0.05, 0.1) is 12.8 Å². The molecule has 0 spiro atoms. The Balaban J connectivity index is 1.61. The zero-order valence-corrected chi connectivity index (χ0v) is 16.8. The molecule has 0 aliphatic heterocycles. The van der Waals surface area contributed by atoms with Crippen molar-refractivity contribution in [1.82, 2.24) is 10.4 Å². The topological polar surface area (TPSA) is 63.6 Å². The molecule has 1 aromatic heterocycles. The van der Waals surface area contributed by atoms with Crippen molar-refractivity contribution in [1.29, 1.82) is 0 Å². The molecule has 0 atom stereocenters. The van der Waals surface area contributed by atoms with Crippen molar-refractivity contribution < 1.29 is 9.53 Å². The largest absolute Gasteiger partial charge is 0.494 e. The van der Waals surface area contributed by atoms with E-state index in [2.05, 4.69) is 22.4 Å². The molecule has 1 N–H and O–H groups in total. The van der Waals surface area contributed by atoms with Gasteiger partial charge in [-0.25, -0.2) is 5.43 Å². The van der Waals surface area contributed by atoms with Crippen LogP contribution >= 0.6 is 0 Å². The van der Waals surface area contributed by atoms with Crippen LogP contribution in [-0.4, -0.2) is 23.7 Å². The van der Waals surface area contributed by atoms with E-state index in [4.69, 9.17) is 4.74 Å². The fourth-order valence-electron chi connectivity index (χ4n) is 2.81. The van der Waals surface area contributed by atoms with Crippen LogP contribution in [0.1, 0.15) is 74.2 Å². The molecule has 28 heavy (non-hydrogen) atoms. The number of hydrogen-bond acceptors (Lipinski definition) is 4. The Labute approximate surface area is 168 Å². The molecule has 0 unspecified atom stereocenters. The molecule has 0 aliphatic rings. The van der Waals surface area contributed by atoms with Crippen LogP contribution in [0.4, 0.5) is 0 Å². The van der Waals surface area contributed by atoms with Crippen LogP contribution < -0.4 is 10.2 Å². The number of unbranched alkanes of at least 4 members (excludes halogenated alkanes) is 7. The third-order valence-corrected chi connectivity index (χ3v) is 4.45. The summed E-state index contributed by atoms with van der Waals surface area (Å²) in [4.78, 5) is 16.1. The van der Waals surface area contributed by atoms with Crippen LogP contribution in [0.3, 0.4) is 0 Å². The van der Waals surface area contributed by atoms with Gasteiger partial charge < -0.3 is 4.74 Å². The maximum Gasteiger partial charge on any atom is 0.271 e. The van der Waals surface area contributed by atoms with Crippen molar-refractivity contribution in [3.8, 4) is 5.75 Å². The Bertz CT molecular complexity index is 700. The molecule has 0 radical (unpaired) electrons. The van der Waals surface area contributed by atoms with E-state index in [1.807, 2.05) is 24.3 Å². The van der Waals surface area contributed by atoms with Gasteiger partial charge in [-0.3, -0.25) is 9.78 Å². The first-order chi connectivity index (χ1) is 13.8. The molecule has 0 saturated heterocycles. The van der Waals surface area contributed by atoms with Gasteiger partial charge in [0.2, 0.25) is 0 Å². The summed E-state index contributed by atoms with van der Waals surface area (Å²) in [6.07, 6.45) is 15.2. The first-order valence-electron chi connectivity index (χ1n) is 10.3. The maximum atomic E-state index is 12.1. The lowest BCUT2D eigenvalue weighted by Gasteiger charge is -2.07.